The molecule has 1 amide bonds. The van der Waals surface area contributed by atoms with Crippen molar-refractivity contribution in [2.75, 3.05) is 13.1 Å². The Kier molecular flexibility index (Phi) is 5.16. The maximum atomic E-state index is 13.6. The van der Waals surface area contributed by atoms with Gasteiger partial charge < -0.3 is 9.64 Å². The first kappa shape index (κ1) is 15.4. The van der Waals surface area contributed by atoms with Gasteiger partial charge in [-0.3, -0.25) is 4.79 Å². The molecule has 110 valence electrons. The highest BCUT2D eigenvalue weighted by Crippen LogP contribution is 2.18. The molecule has 0 N–H and O–H groups in total. The minimum atomic E-state index is -0.406. The molecule has 1 aromatic carbocycles. The lowest BCUT2D eigenvalue weighted by Crippen LogP contribution is -2.50. The van der Waals surface area contributed by atoms with Crippen LogP contribution < -0.4 is 0 Å². The van der Waals surface area contributed by atoms with Gasteiger partial charge in [0.25, 0.3) is 0 Å². The van der Waals surface area contributed by atoms with Crippen molar-refractivity contribution < 1.29 is 13.9 Å². The van der Waals surface area contributed by atoms with Crippen molar-refractivity contribution in [2.24, 2.45) is 0 Å². The fourth-order valence-corrected chi connectivity index (χ4v) is 3.14. The van der Waals surface area contributed by atoms with E-state index in [4.69, 9.17) is 4.74 Å². The molecular weight excluding hydrogens is 325 g/mol. The number of alkyl halides is 1. The highest BCUT2D eigenvalue weighted by Gasteiger charge is 2.29. The molecule has 0 radical (unpaired) electrons. The molecular formula is C15H19BrFNO2. The van der Waals surface area contributed by atoms with Gasteiger partial charge >= 0.3 is 0 Å². The zero-order chi connectivity index (χ0) is 14.7. The first-order chi connectivity index (χ1) is 9.47. The van der Waals surface area contributed by atoms with E-state index in [9.17, 15) is 9.18 Å². The topological polar surface area (TPSA) is 29.5 Å². The Bertz CT molecular complexity index is 473. The van der Waals surface area contributed by atoms with Crippen LogP contribution in [0, 0.1) is 5.82 Å². The molecule has 5 heteroatoms. The number of amides is 1. The lowest BCUT2D eigenvalue weighted by atomic mass is 10.1. The van der Waals surface area contributed by atoms with Crippen molar-refractivity contribution in [3.05, 3.63) is 35.6 Å². The Morgan fingerprint density at radius 1 is 1.40 bits per heavy atom. The highest BCUT2D eigenvalue weighted by molar-refractivity contribution is 9.10. The number of ether oxygens (including phenoxy) is 1. The summed E-state index contributed by atoms with van der Waals surface area (Å²) in [6.45, 7) is 5.08. The van der Waals surface area contributed by atoms with Crippen LogP contribution >= 0.6 is 15.9 Å². The average Bonchev–Trinajstić information content (AvgIpc) is 2.39. The molecule has 0 bridgehead atoms. The van der Waals surface area contributed by atoms with Crippen LogP contribution in [-0.2, 0) is 16.0 Å². The van der Waals surface area contributed by atoms with E-state index in [1.165, 1.54) is 6.07 Å². The third kappa shape index (κ3) is 3.79. The largest absolute Gasteiger partial charge is 0.372 e. The third-order valence-corrected chi connectivity index (χ3v) is 4.07. The molecule has 1 aliphatic rings. The molecule has 1 aliphatic heterocycles. The number of hydrogen-bond acceptors (Lipinski definition) is 2. The molecule has 0 aliphatic carbocycles. The summed E-state index contributed by atoms with van der Waals surface area (Å²) < 4.78 is 19.2. The van der Waals surface area contributed by atoms with Crippen molar-refractivity contribution in [3.63, 3.8) is 0 Å². The monoisotopic (exact) mass is 343 g/mol. The Morgan fingerprint density at radius 2 is 2.00 bits per heavy atom. The standard InChI is InChI=1S/C15H19BrFNO2/c1-10-8-18(9-11(2)20-10)15(19)13(16)7-12-5-3-4-6-14(12)17/h3-6,10-11,13H,7-9H2,1-2H3. The predicted octanol–water partition coefficient (Wildman–Crippen LogP) is 2.77. The number of carbonyl (C=O) groups is 1. The molecule has 1 fully saturated rings. The van der Waals surface area contributed by atoms with Gasteiger partial charge in [0.2, 0.25) is 5.91 Å². The molecule has 3 atom stereocenters. The summed E-state index contributed by atoms with van der Waals surface area (Å²) in [6, 6.07) is 6.55. The van der Waals surface area contributed by atoms with Gasteiger partial charge in [0, 0.05) is 13.1 Å². The van der Waals surface area contributed by atoms with Crippen LogP contribution in [0.5, 0.6) is 0 Å². The van der Waals surface area contributed by atoms with Gasteiger partial charge in [-0.25, -0.2) is 4.39 Å². The van der Waals surface area contributed by atoms with Crippen LogP contribution in [0.2, 0.25) is 0 Å². The molecule has 2 rings (SSSR count). The lowest BCUT2D eigenvalue weighted by molar-refractivity contribution is -0.142. The summed E-state index contributed by atoms with van der Waals surface area (Å²) in [5, 5.41) is 0. The fraction of sp³-hybridized carbons (Fsp3) is 0.533. The van der Waals surface area contributed by atoms with Crippen LogP contribution in [0.15, 0.2) is 24.3 Å². The number of rotatable bonds is 3. The Balaban J connectivity index is 2.00. The van der Waals surface area contributed by atoms with Crippen LogP contribution in [0.3, 0.4) is 0 Å². The van der Waals surface area contributed by atoms with Gasteiger partial charge in [0.15, 0.2) is 0 Å². The Morgan fingerprint density at radius 3 is 2.60 bits per heavy atom. The molecule has 1 heterocycles. The fourth-order valence-electron chi connectivity index (χ4n) is 2.50. The second-order valence-electron chi connectivity index (χ2n) is 5.26. The lowest BCUT2D eigenvalue weighted by Gasteiger charge is -2.36. The summed E-state index contributed by atoms with van der Waals surface area (Å²) in [4.78, 5) is 13.8. The summed E-state index contributed by atoms with van der Waals surface area (Å²) in [5.74, 6) is -0.274. The number of hydrogen-bond donors (Lipinski definition) is 0. The summed E-state index contributed by atoms with van der Waals surface area (Å²) in [5.41, 5.74) is 0.553. The smallest absolute Gasteiger partial charge is 0.236 e. The zero-order valence-corrected chi connectivity index (χ0v) is 13.3. The van der Waals surface area contributed by atoms with E-state index in [0.29, 0.717) is 25.1 Å². The molecule has 20 heavy (non-hydrogen) atoms. The quantitative estimate of drug-likeness (QED) is 0.790. The summed E-state index contributed by atoms with van der Waals surface area (Å²) in [6.07, 6.45) is 0.428. The van der Waals surface area contributed by atoms with E-state index in [1.54, 1.807) is 23.1 Å². The highest BCUT2D eigenvalue weighted by atomic mass is 79.9. The van der Waals surface area contributed by atoms with Crippen LogP contribution in [-0.4, -0.2) is 40.9 Å². The second kappa shape index (κ2) is 6.68. The zero-order valence-electron chi connectivity index (χ0n) is 11.7. The summed E-state index contributed by atoms with van der Waals surface area (Å²) in [7, 11) is 0. The van der Waals surface area contributed by atoms with Gasteiger partial charge in [-0.15, -0.1) is 0 Å². The van der Waals surface area contributed by atoms with Crippen molar-refractivity contribution >= 4 is 21.8 Å². The average molecular weight is 344 g/mol. The van der Waals surface area contributed by atoms with Crippen molar-refractivity contribution in [2.45, 2.75) is 37.3 Å². The van der Waals surface area contributed by atoms with Crippen molar-refractivity contribution in [3.8, 4) is 0 Å². The number of benzene rings is 1. The van der Waals surface area contributed by atoms with Gasteiger partial charge in [0.1, 0.15) is 5.82 Å². The Hall–Kier alpha value is -0.940. The number of carbonyl (C=O) groups excluding carboxylic acids is 1. The number of halogens is 2. The van der Waals surface area contributed by atoms with E-state index in [1.807, 2.05) is 13.8 Å². The van der Waals surface area contributed by atoms with Crippen LogP contribution in [0.25, 0.3) is 0 Å². The van der Waals surface area contributed by atoms with Crippen molar-refractivity contribution in [1.82, 2.24) is 4.90 Å². The van der Waals surface area contributed by atoms with E-state index < -0.39 is 4.83 Å². The third-order valence-electron chi connectivity index (χ3n) is 3.36. The molecule has 0 aromatic heterocycles. The molecule has 0 spiro atoms. The Labute approximate surface area is 127 Å². The van der Waals surface area contributed by atoms with Crippen LogP contribution in [0.1, 0.15) is 19.4 Å². The molecule has 0 saturated carbocycles. The normalized spacial score (nSPS) is 24.5. The number of nitrogens with zero attached hydrogens (tertiary/aromatic N) is 1. The van der Waals surface area contributed by atoms with E-state index >= 15 is 0 Å². The maximum Gasteiger partial charge on any atom is 0.236 e. The number of morpholine rings is 1. The van der Waals surface area contributed by atoms with E-state index in [2.05, 4.69) is 15.9 Å². The van der Waals surface area contributed by atoms with E-state index in [-0.39, 0.29) is 23.9 Å². The minimum Gasteiger partial charge on any atom is -0.372 e. The van der Waals surface area contributed by atoms with Gasteiger partial charge in [-0.05, 0) is 31.9 Å². The SMILES string of the molecule is CC1CN(C(=O)C(Br)Cc2ccccc2F)CC(C)O1. The van der Waals surface area contributed by atoms with E-state index in [0.717, 1.165) is 0 Å². The molecule has 1 aromatic rings. The summed E-state index contributed by atoms with van der Waals surface area (Å²) >= 11 is 3.39. The van der Waals surface area contributed by atoms with Crippen LogP contribution in [0.4, 0.5) is 4.39 Å². The molecule has 3 nitrogen and oxygen atoms in total. The van der Waals surface area contributed by atoms with Crippen molar-refractivity contribution in [1.29, 1.82) is 0 Å². The molecule has 3 unspecified atom stereocenters. The maximum absolute atomic E-state index is 13.6. The predicted molar refractivity (Wildman–Crippen MR) is 79.4 cm³/mol. The van der Waals surface area contributed by atoms with Gasteiger partial charge in [-0.1, -0.05) is 34.1 Å². The van der Waals surface area contributed by atoms with Gasteiger partial charge in [-0.2, -0.15) is 0 Å². The second-order valence-corrected chi connectivity index (χ2v) is 6.37. The van der Waals surface area contributed by atoms with Gasteiger partial charge in [0.05, 0.1) is 17.0 Å². The minimum absolute atomic E-state index is 0.00440. The first-order valence-electron chi connectivity index (χ1n) is 6.79. The first-order valence-corrected chi connectivity index (χ1v) is 7.70. The molecule has 1 saturated heterocycles.